The number of carbonyl (C=O) groups is 2. The number of ether oxygens (including phenoxy) is 1. The first-order chi connectivity index (χ1) is 9.54. The SMILES string of the molecule is Cc1cc(OCC(=O)Nc2cccc(C(=O)O)n2)no1. The number of carbonyl (C=O) groups excluding carboxylic acids is 1. The fourth-order valence-electron chi connectivity index (χ4n) is 1.35. The van der Waals surface area contributed by atoms with Gasteiger partial charge in [0.1, 0.15) is 11.6 Å². The Hall–Kier alpha value is -2.90. The summed E-state index contributed by atoms with van der Waals surface area (Å²) in [6.45, 7) is 1.41. The molecule has 104 valence electrons. The van der Waals surface area contributed by atoms with Crippen LogP contribution in [0, 0.1) is 6.92 Å². The first kappa shape index (κ1) is 13.5. The maximum Gasteiger partial charge on any atom is 0.354 e. The third-order valence-electron chi connectivity index (χ3n) is 2.19. The van der Waals surface area contributed by atoms with Gasteiger partial charge in [0.2, 0.25) is 0 Å². The van der Waals surface area contributed by atoms with Gasteiger partial charge in [-0.2, -0.15) is 0 Å². The predicted octanol–water partition coefficient (Wildman–Crippen LogP) is 1.09. The quantitative estimate of drug-likeness (QED) is 0.840. The normalized spacial score (nSPS) is 10.1. The van der Waals surface area contributed by atoms with Crippen LogP contribution < -0.4 is 10.1 Å². The summed E-state index contributed by atoms with van der Waals surface area (Å²) in [6, 6.07) is 5.82. The van der Waals surface area contributed by atoms with E-state index in [1.165, 1.54) is 24.3 Å². The highest BCUT2D eigenvalue weighted by Gasteiger charge is 2.09. The van der Waals surface area contributed by atoms with E-state index in [2.05, 4.69) is 15.5 Å². The molecule has 20 heavy (non-hydrogen) atoms. The number of aryl methyl sites for hydroxylation is 1. The van der Waals surface area contributed by atoms with E-state index in [1.54, 1.807) is 6.92 Å². The molecule has 0 fully saturated rings. The van der Waals surface area contributed by atoms with Crippen LogP contribution in [0.2, 0.25) is 0 Å². The van der Waals surface area contributed by atoms with Gasteiger partial charge >= 0.3 is 5.97 Å². The maximum absolute atomic E-state index is 11.6. The highest BCUT2D eigenvalue weighted by molar-refractivity contribution is 5.92. The van der Waals surface area contributed by atoms with E-state index in [0.717, 1.165) is 0 Å². The van der Waals surface area contributed by atoms with Crippen molar-refractivity contribution in [1.82, 2.24) is 10.1 Å². The van der Waals surface area contributed by atoms with Crippen LogP contribution in [-0.4, -0.2) is 33.7 Å². The predicted molar refractivity (Wildman–Crippen MR) is 66.6 cm³/mol. The number of nitrogens with one attached hydrogen (secondary N) is 1. The number of carboxylic acid groups (broad SMARTS) is 1. The lowest BCUT2D eigenvalue weighted by atomic mass is 10.3. The van der Waals surface area contributed by atoms with Crippen LogP contribution in [0.25, 0.3) is 0 Å². The van der Waals surface area contributed by atoms with Gasteiger partial charge in [-0.3, -0.25) is 4.79 Å². The lowest BCUT2D eigenvalue weighted by Gasteiger charge is -2.05. The first-order valence-corrected chi connectivity index (χ1v) is 5.61. The van der Waals surface area contributed by atoms with E-state index in [4.69, 9.17) is 14.4 Å². The Morgan fingerprint density at radius 2 is 2.25 bits per heavy atom. The van der Waals surface area contributed by atoms with Crippen molar-refractivity contribution in [2.45, 2.75) is 6.92 Å². The molecule has 2 rings (SSSR count). The summed E-state index contributed by atoms with van der Waals surface area (Å²) < 4.78 is 9.85. The molecule has 2 aromatic rings. The Kier molecular flexibility index (Phi) is 3.94. The van der Waals surface area contributed by atoms with Gasteiger partial charge in [-0.05, 0) is 24.2 Å². The summed E-state index contributed by atoms with van der Waals surface area (Å²) in [5, 5.41) is 14.8. The molecule has 1 amide bonds. The van der Waals surface area contributed by atoms with E-state index in [-0.39, 0.29) is 24.0 Å². The number of rotatable bonds is 5. The Balaban J connectivity index is 1.91. The molecule has 0 aliphatic carbocycles. The highest BCUT2D eigenvalue weighted by atomic mass is 16.5. The van der Waals surface area contributed by atoms with Crippen molar-refractivity contribution in [2.75, 3.05) is 11.9 Å². The number of aromatic carboxylic acids is 1. The Labute approximate surface area is 113 Å². The van der Waals surface area contributed by atoms with Gasteiger partial charge in [0.15, 0.2) is 12.3 Å². The van der Waals surface area contributed by atoms with Gasteiger partial charge in [0.05, 0.1) is 0 Å². The van der Waals surface area contributed by atoms with Crippen LogP contribution in [0.15, 0.2) is 28.8 Å². The van der Waals surface area contributed by atoms with Crippen LogP contribution >= 0.6 is 0 Å². The molecule has 0 aromatic carbocycles. The average Bonchev–Trinajstić information content (AvgIpc) is 2.82. The molecule has 2 aromatic heterocycles. The number of anilines is 1. The number of carboxylic acids is 1. The molecule has 0 spiro atoms. The lowest BCUT2D eigenvalue weighted by Crippen LogP contribution is -2.21. The molecule has 0 aliphatic heterocycles. The van der Waals surface area contributed by atoms with Crippen LogP contribution in [0.5, 0.6) is 5.88 Å². The third-order valence-corrected chi connectivity index (χ3v) is 2.19. The molecule has 0 radical (unpaired) electrons. The summed E-state index contributed by atoms with van der Waals surface area (Å²) in [5.41, 5.74) is -0.157. The molecule has 0 unspecified atom stereocenters. The van der Waals surface area contributed by atoms with Crippen LogP contribution in [0.4, 0.5) is 5.82 Å². The monoisotopic (exact) mass is 277 g/mol. The molecule has 2 heterocycles. The largest absolute Gasteiger partial charge is 0.477 e. The second-order valence-corrected chi connectivity index (χ2v) is 3.83. The number of nitrogens with zero attached hydrogens (tertiary/aromatic N) is 2. The van der Waals surface area contributed by atoms with Crippen molar-refractivity contribution in [3.8, 4) is 5.88 Å². The van der Waals surface area contributed by atoms with Gasteiger partial charge in [0.25, 0.3) is 11.8 Å². The molecule has 2 N–H and O–H groups in total. The molecule has 8 nitrogen and oxygen atoms in total. The highest BCUT2D eigenvalue weighted by Crippen LogP contribution is 2.10. The van der Waals surface area contributed by atoms with E-state index in [0.29, 0.717) is 5.76 Å². The van der Waals surface area contributed by atoms with Crippen LogP contribution in [0.3, 0.4) is 0 Å². The summed E-state index contributed by atoms with van der Waals surface area (Å²) in [7, 11) is 0. The van der Waals surface area contributed by atoms with Gasteiger partial charge < -0.3 is 19.7 Å². The minimum Gasteiger partial charge on any atom is -0.477 e. The number of amides is 1. The van der Waals surface area contributed by atoms with E-state index >= 15 is 0 Å². The smallest absolute Gasteiger partial charge is 0.354 e. The number of pyridine rings is 1. The molecular weight excluding hydrogens is 266 g/mol. The number of hydrogen-bond acceptors (Lipinski definition) is 6. The Morgan fingerprint density at radius 3 is 2.90 bits per heavy atom. The summed E-state index contributed by atoms with van der Waals surface area (Å²) in [5.74, 6) is -0.757. The molecule has 0 aliphatic rings. The van der Waals surface area contributed by atoms with Crippen molar-refractivity contribution in [3.05, 3.63) is 35.7 Å². The van der Waals surface area contributed by atoms with Gasteiger partial charge in [-0.25, -0.2) is 9.78 Å². The number of hydrogen-bond donors (Lipinski definition) is 2. The Bertz CT molecular complexity index is 638. The minimum absolute atomic E-state index is 0.134. The van der Waals surface area contributed by atoms with Crippen molar-refractivity contribution < 1.29 is 24.0 Å². The summed E-state index contributed by atoms with van der Waals surface area (Å²) in [4.78, 5) is 26.1. The number of aromatic nitrogens is 2. The first-order valence-electron chi connectivity index (χ1n) is 5.61. The van der Waals surface area contributed by atoms with Gasteiger partial charge in [-0.1, -0.05) is 6.07 Å². The zero-order chi connectivity index (χ0) is 14.5. The summed E-state index contributed by atoms with van der Waals surface area (Å²) >= 11 is 0. The van der Waals surface area contributed by atoms with Crippen molar-refractivity contribution in [3.63, 3.8) is 0 Å². The van der Waals surface area contributed by atoms with E-state index < -0.39 is 11.9 Å². The van der Waals surface area contributed by atoms with Crippen molar-refractivity contribution >= 4 is 17.7 Å². The molecule has 0 saturated carbocycles. The second kappa shape index (κ2) is 5.83. The summed E-state index contributed by atoms with van der Waals surface area (Å²) in [6.07, 6.45) is 0. The van der Waals surface area contributed by atoms with Crippen molar-refractivity contribution in [1.29, 1.82) is 0 Å². The van der Waals surface area contributed by atoms with E-state index in [9.17, 15) is 9.59 Å². The standard InChI is InChI=1S/C12H11N3O5/c1-7-5-11(15-20-7)19-6-10(16)14-9-4-2-3-8(13-9)12(17)18/h2-5H,6H2,1H3,(H,17,18)(H,13,14,16). The average molecular weight is 277 g/mol. The molecular formula is C12H11N3O5. The van der Waals surface area contributed by atoms with Crippen LogP contribution in [-0.2, 0) is 4.79 Å². The van der Waals surface area contributed by atoms with Gasteiger partial charge in [0, 0.05) is 6.07 Å². The van der Waals surface area contributed by atoms with Crippen LogP contribution in [0.1, 0.15) is 16.2 Å². The fourth-order valence-corrected chi connectivity index (χ4v) is 1.35. The fraction of sp³-hybridized carbons (Fsp3) is 0.167. The Morgan fingerprint density at radius 1 is 1.45 bits per heavy atom. The topological polar surface area (TPSA) is 115 Å². The van der Waals surface area contributed by atoms with Crippen molar-refractivity contribution in [2.24, 2.45) is 0 Å². The zero-order valence-corrected chi connectivity index (χ0v) is 10.5. The molecule has 0 bridgehead atoms. The second-order valence-electron chi connectivity index (χ2n) is 3.83. The molecule has 8 heteroatoms. The maximum atomic E-state index is 11.6. The van der Waals surface area contributed by atoms with Gasteiger partial charge in [-0.15, -0.1) is 0 Å². The third kappa shape index (κ3) is 3.55. The van der Waals surface area contributed by atoms with E-state index in [1.807, 2.05) is 0 Å². The molecule has 0 saturated heterocycles. The minimum atomic E-state index is -1.17. The molecule has 0 atom stereocenters. The lowest BCUT2D eigenvalue weighted by molar-refractivity contribution is -0.118. The zero-order valence-electron chi connectivity index (χ0n) is 10.5.